The number of amides is 1. The first-order chi connectivity index (χ1) is 17.9. The average Bonchev–Trinajstić information content (AvgIpc) is 2.82. The summed E-state index contributed by atoms with van der Waals surface area (Å²) in [5, 5.41) is 0.236. The van der Waals surface area contributed by atoms with E-state index >= 15 is 0 Å². The SMILES string of the molecule is NC=C(C(=O)N(CC(=O)c1cc(Cl)cc(Cl)c1)Cc1cc(F)cc(F)c1)C(=NC1CCCCC1)C(F)(F)F. The van der Waals surface area contributed by atoms with E-state index in [1.807, 2.05) is 0 Å². The van der Waals surface area contributed by atoms with E-state index in [-0.39, 0.29) is 21.2 Å². The van der Waals surface area contributed by atoms with E-state index in [4.69, 9.17) is 28.9 Å². The number of nitrogens with zero attached hydrogens (tertiary/aromatic N) is 2. The molecule has 1 amide bonds. The third-order valence-electron chi connectivity index (χ3n) is 5.91. The number of carbonyl (C=O) groups is 2. The Bertz CT molecular complexity index is 1220. The Kier molecular flexibility index (Phi) is 9.89. The van der Waals surface area contributed by atoms with Gasteiger partial charge in [-0.2, -0.15) is 13.2 Å². The topological polar surface area (TPSA) is 75.8 Å². The van der Waals surface area contributed by atoms with E-state index in [1.165, 1.54) is 18.2 Å². The van der Waals surface area contributed by atoms with Crippen molar-refractivity contribution in [2.45, 2.75) is 50.9 Å². The Morgan fingerprint density at radius 1 is 0.974 bits per heavy atom. The molecule has 204 valence electrons. The maximum Gasteiger partial charge on any atom is 0.433 e. The van der Waals surface area contributed by atoms with Crippen LogP contribution in [0.1, 0.15) is 48.0 Å². The third-order valence-corrected chi connectivity index (χ3v) is 6.35. The fourth-order valence-electron chi connectivity index (χ4n) is 4.21. The number of hydrogen-bond donors (Lipinski definition) is 1. The van der Waals surface area contributed by atoms with Crippen LogP contribution >= 0.6 is 23.2 Å². The van der Waals surface area contributed by atoms with Gasteiger partial charge in [-0.1, -0.05) is 42.5 Å². The standard InChI is InChI=1S/C26H24Cl2F5N3O2/c27-17-8-16(9-18(28)10-17)23(37)14-36(13-15-6-19(29)11-20(30)7-15)25(38)22(12-34)24(26(31,32)33)35-21-4-2-1-3-5-21/h6-12,21H,1-5,13-14,34H2. The highest BCUT2D eigenvalue weighted by molar-refractivity contribution is 6.35. The molecule has 0 aromatic heterocycles. The van der Waals surface area contributed by atoms with Gasteiger partial charge < -0.3 is 10.6 Å². The van der Waals surface area contributed by atoms with Gasteiger partial charge in [-0.15, -0.1) is 0 Å². The number of ketones is 1. The minimum absolute atomic E-state index is 0.0177. The quantitative estimate of drug-likeness (QED) is 0.165. The molecule has 0 spiro atoms. The molecule has 2 aromatic carbocycles. The Hall–Kier alpha value is -2.98. The lowest BCUT2D eigenvalue weighted by molar-refractivity contribution is -0.127. The molecule has 1 fully saturated rings. The summed E-state index contributed by atoms with van der Waals surface area (Å²) in [6, 6.07) is 5.65. The molecular formula is C26H24Cl2F5N3O2. The van der Waals surface area contributed by atoms with E-state index in [0.717, 1.165) is 18.6 Å². The van der Waals surface area contributed by atoms with Crippen molar-refractivity contribution in [3.05, 3.63) is 81.0 Å². The lowest BCUT2D eigenvalue weighted by Crippen LogP contribution is -2.41. The Morgan fingerprint density at radius 3 is 2.08 bits per heavy atom. The van der Waals surface area contributed by atoms with E-state index < -0.39 is 59.9 Å². The molecule has 38 heavy (non-hydrogen) atoms. The fraction of sp³-hybridized carbons (Fsp3) is 0.346. The highest BCUT2D eigenvalue weighted by atomic mass is 35.5. The number of rotatable bonds is 8. The van der Waals surface area contributed by atoms with Crippen molar-refractivity contribution in [3.8, 4) is 0 Å². The van der Waals surface area contributed by atoms with Crippen molar-refractivity contribution in [2.24, 2.45) is 10.7 Å². The number of alkyl halides is 3. The second-order valence-corrected chi connectivity index (χ2v) is 9.74. The molecule has 1 saturated carbocycles. The van der Waals surface area contributed by atoms with Gasteiger partial charge in [-0.25, -0.2) is 8.78 Å². The zero-order chi connectivity index (χ0) is 28.0. The van der Waals surface area contributed by atoms with Gasteiger partial charge in [0.25, 0.3) is 5.91 Å². The second kappa shape index (κ2) is 12.7. The first-order valence-electron chi connectivity index (χ1n) is 11.7. The highest BCUT2D eigenvalue weighted by Crippen LogP contribution is 2.28. The summed E-state index contributed by atoms with van der Waals surface area (Å²) in [5.41, 5.74) is 2.95. The molecule has 0 radical (unpaired) electrons. The predicted molar refractivity (Wildman–Crippen MR) is 135 cm³/mol. The molecule has 0 bridgehead atoms. The number of carbonyl (C=O) groups excluding carboxylic acids is 2. The van der Waals surface area contributed by atoms with Crippen LogP contribution in [0.3, 0.4) is 0 Å². The smallest absolute Gasteiger partial charge is 0.404 e. The molecule has 2 aromatic rings. The van der Waals surface area contributed by atoms with Crippen LogP contribution in [0.4, 0.5) is 22.0 Å². The van der Waals surface area contributed by atoms with Crippen LogP contribution in [0, 0.1) is 11.6 Å². The molecular weight excluding hydrogens is 552 g/mol. The summed E-state index contributed by atoms with van der Waals surface area (Å²) in [6.07, 6.45) is -1.43. The predicted octanol–water partition coefficient (Wildman–Crippen LogP) is 6.66. The largest absolute Gasteiger partial charge is 0.433 e. The lowest BCUT2D eigenvalue weighted by Gasteiger charge is -2.26. The minimum atomic E-state index is -5.03. The van der Waals surface area contributed by atoms with Crippen LogP contribution in [0.2, 0.25) is 10.0 Å². The highest BCUT2D eigenvalue weighted by Gasteiger charge is 2.42. The lowest BCUT2D eigenvalue weighted by atomic mass is 9.95. The monoisotopic (exact) mass is 575 g/mol. The van der Waals surface area contributed by atoms with Gasteiger partial charge in [0, 0.05) is 34.4 Å². The molecule has 2 N–H and O–H groups in total. The van der Waals surface area contributed by atoms with Gasteiger partial charge in [0.15, 0.2) is 11.5 Å². The van der Waals surface area contributed by atoms with E-state index in [9.17, 15) is 31.5 Å². The normalized spacial score (nSPS) is 15.4. The number of halogens is 7. The Labute approximate surface area is 226 Å². The number of aliphatic imine (C=N–C) groups is 1. The summed E-state index contributed by atoms with van der Waals surface area (Å²) in [4.78, 5) is 31.1. The van der Waals surface area contributed by atoms with Gasteiger partial charge in [0.05, 0.1) is 18.2 Å². The van der Waals surface area contributed by atoms with Crippen LogP contribution < -0.4 is 5.73 Å². The average molecular weight is 576 g/mol. The summed E-state index contributed by atoms with van der Waals surface area (Å²) in [6.45, 7) is -1.36. The molecule has 0 unspecified atom stereocenters. The second-order valence-electron chi connectivity index (χ2n) is 8.87. The van der Waals surface area contributed by atoms with Gasteiger partial charge in [-0.3, -0.25) is 14.6 Å². The Morgan fingerprint density at radius 2 is 1.55 bits per heavy atom. The molecule has 1 aliphatic carbocycles. The van der Waals surface area contributed by atoms with Crippen molar-refractivity contribution in [3.63, 3.8) is 0 Å². The maximum atomic E-state index is 14.1. The van der Waals surface area contributed by atoms with Crippen molar-refractivity contribution in [1.82, 2.24) is 4.90 Å². The van der Waals surface area contributed by atoms with Crippen molar-refractivity contribution in [1.29, 1.82) is 0 Å². The van der Waals surface area contributed by atoms with Gasteiger partial charge in [0.2, 0.25) is 0 Å². The number of nitrogens with two attached hydrogens (primary N) is 1. The third kappa shape index (κ3) is 8.01. The van der Waals surface area contributed by atoms with Crippen molar-refractivity contribution in [2.75, 3.05) is 6.54 Å². The van der Waals surface area contributed by atoms with E-state index in [0.29, 0.717) is 42.8 Å². The zero-order valence-corrected chi connectivity index (χ0v) is 21.5. The molecule has 5 nitrogen and oxygen atoms in total. The van der Waals surface area contributed by atoms with Crippen LogP contribution in [0.5, 0.6) is 0 Å². The molecule has 3 rings (SSSR count). The van der Waals surface area contributed by atoms with Crippen molar-refractivity contribution < 1.29 is 31.5 Å². The van der Waals surface area contributed by atoms with Crippen LogP contribution in [-0.4, -0.2) is 41.1 Å². The number of benzene rings is 2. The number of Topliss-reactive ketones (excluding diaryl/α,β-unsaturated/α-hetero) is 1. The van der Waals surface area contributed by atoms with Crippen LogP contribution in [0.25, 0.3) is 0 Å². The van der Waals surface area contributed by atoms with Gasteiger partial charge >= 0.3 is 6.18 Å². The van der Waals surface area contributed by atoms with Gasteiger partial charge in [-0.05, 0) is 48.7 Å². The number of hydrogen-bond acceptors (Lipinski definition) is 4. The maximum absolute atomic E-state index is 14.1. The van der Waals surface area contributed by atoms with Crippen LogP contribution in [-0.2, 0) is 11.3 Å². The van der Waals surface area contributed by atoms with E-state index in [1.54, 1.807) is 0 Å². The van der Waals surface area contributed by atoms with Crippen molar-refractivity contribution >= 4 is 40.6 Å². The molecule has 0 aliphatic heterocycles. The molecule has 0 atom stereocenters. The summed E-state index contributed by atoms with van der Waals surface area (Å²) >= 11 is 11.9. The first kappa shape index (κ1) is 29.6. The van der Waals surface area contributed by atoms with E-state index in [2.05, 4.69) is 4.99 Å². The molecule has 1 aliphatic rings. The minimum Gasteiger partial charge on any atom is -0.404 e. The van der Waals surface area contributed by atoms with Gasteiger partial charge in [0.1, 0.15) is 11.6 Å². The summed E-state index contributed by atoms with van der Waals surface area (Å²) in [5.74, 6) is -3.95. The van der Waals surface area contributed by atoms with Crippen LogP contribution in [0.15, 0.2) is 53.2 Å². The first-order valence-corrected chi connectivity index (χ1v) is 12.4. The molecule has 12 heteroatoms. The zero-order valence-electron chi connectivity index (χ0n) is 20.0. The molecule has 0 heterocycles. The fourth-order valence-corrected chi connectivity index (χ4v) is 4.74. The summed E-state index contributed by atoms with van der Waals surface area (Å²) in [7, 11) is 0. The Balaban J connectivity index is 2.01. The molecule has 0 saturated heterocycles. The summed E-state index contributed by atoms with van der Waals surface area (Å²) < 4.78 is 69.9.